The van der Waals surface area contributed by atoms with Crippen molar-refractivity contribution in [1.82, 2.24) is 4.98 Å². The van der Waals surface area contributed by atoms with Crippen LogP contribution in [0.15, 0.2) is 36.4 Å². The summed E-state index contributed by atoms with van der Waals surface area (Å²) in [6, 6.07) is 12.1. The molecule has 2 aromatic carbocycles. The van der Waals surface area contributed by atoms with Crippen molar-refractivity contribution in [2.75, 3.05) is 0 Å². The van der Waals surface area contributed by atoms with Crippen LogP contribution in [0, 0.1) is 0 Å². The van der Waals surface area contributed by atoms with Gasteiger partial charge in [0.05, 0.1) is 16.2 Å². The first-order valence-electron chi connectivity index (χ1n) is 5.82. The number of aromatic amines is 1. The Morgan fingerprint density at radius 2 is 1.67 bits per heavy atom. The molecule has 0 saturated carbocycles. The SMILES string of the molecule is Clc1cccc2c1Cc1c-2[nH]c2c(Cl)cccc12. The van der Waals surface area contributed by atoms with Crippen LogP contribution < -0.4 is 0 Å². The summed E-state index contributed by atoms with van der Waals surface area (Å²) in [6.45, 7) is 0. The normalized spacial score (nSPS) is 12.8. The summed E-state index contributed by atoms with van der Waals surface area (Å²) in [6.07, 6.45) is 0.880. The van der Waals surface area contributed by atoms with E-state index in [1.165, 1.54) is 22.1 Å². The van der Waals surface area contributed by atoms with Gasteiger partial charge in [-0.25, -0.2) is 0 Å². The lowest BCUT2D eigenvalue weighted by Gasteiger charge is -2.02. The highest BCUT2D eigenvalue weighted by Crippen LogP contribution is 2.43. The highest BCUT2D eigenvalue weighted by Gasteiger charge is 2.25. The average Bonchev–Trinajstić information content (AvgIpc) is 2.88. The van der Waals surface area contributed by atoms with E-state index in [0.717, 1.165) is 27.7 Å². The van der Waals surface area contributed by atoms with Gasteiger partial charge < -0.3 is 4.98 Å². The summed E-state index contributed by atoms with van der Waals surface area (Å²) >= 11 is 12.5. The second-order valence-corrected chi connectivity index (χ2v) is 5.40. The summed E-state index contributed by atoms with van der Waals surface area (Å²) < 4.78 is 0. The van der Waals surface area contributed by atoms with Gasteiger partial charge in [-0.1, -0.05) is 47.5 Å². The lowest BCUT2D eigenvalue weighted by molar-refractivity contribution is 1.29. The van der Waals surface area contributed by atoms with E-state index in [0.29, 0.717) is 0 Å². The fourth-order valence-electron chi connectivity index (χ4n) is 2.80. The zero-order chi connectivity index (χ0) is 12.3. The summed E-state index contributed by atoms with van der Waals surface area (Å²) in [4.78, 5) is 3.44. The Morgan fingerprint density at radius 1 is 0.889 bits per heavy atom. The molecule has 3 heteroatoms. The smallest absolute Gasteiger partial charge is 0.0651 e. The van der Waals surface area contributed by atoms with Crippen LogP contribution in [0.5, 0.6) is 0 Å². The fraction of sp³-hybridized carbons (Fsp3) is 0.0667. The predicted octanol–water partition coefficient (Wildman–Crippen LogP) is 5.05. The van der Waals surface area contributed by atoms with E-state index in [-0.39, 0.29) is 0 Å². The molecule has 1 aliphatic carbocycles. The van der Waals surface area contributed by atoms with Gasteiger partial charge in [0.15, 0.2) is 0 Å². The number of rotatable bonds is 0. The van der Waals surface area contributed by atoms with Crippen molar-refractivity contribution in [3.8, 4) is 11.3 Å². The van der Waals surface area contributed by atoms with Gasteiger partial charge in [0, 0.05) is 22.4 Å². The number of aromatic nitrogens is 1. The predicted molar refractivity (Wildman–Crippen MR) is 76.6 cm³/mol. The minimum atomic E-state index is 0.769. The van der Waals surface area contributed by atoms with E-state index < -0.39 is 0 Å². The van der Waals surface area contributed by atoms with Crippen molar-refractivity contribution in [3.05, 3.63) is 57.6 Å². The van der Waals surface area contributed by atoms with Gasteiger partial charge in [0.2, 0.25) is 0 Å². The van der Waals surface area contributed by atoms with Crippen LogP contribution in [0.2, 0.25) is 10.0 Å². The molecule has 0 saturated heterocycles. The number of para-hydroxylation sites is 1. The van der Waals surface area contributed by atoms with Crippen LogP contribution >= 0.6 is 23.2 Å². The van der Waals surface area contributed by atoms with Crippen LogP contribution in [-0.2, 0) is 6.42 Å². The fourth-order valence-corrected chi connectivity index (χ4v) is 3.26. The highest BCUT2D eigenvalue weighted by molar-refractivity contribution is 6.35. The maximum Gasteiger partial charge on any atom is 0.0651 e. The first-order valence-corrected chi connectivity index (χ1v) is 6.58. The standard InChI is InChI=1S/C15H9Cl2N/c16-12-5-1-3-8-10(12)7-11-9-4-2-6-13(17)15(9)18-14(8)11/h1-6,18H,7H2. The molecule has 1 heterocycles. The molecule has 18 heavy (non-hydrogen) atoms. The van der Waals surface area contributed by atoms with Crippen molar-refractivity contribution in [1.29, 1.82) is 0 Å². The lowest BCUT2D eigenvalue weighted by Crippen LogP contribution is -1.83. The highest BCUT2D eigenvalue weighted by atomic mass is 35.5. The van der Waals surface area contributed by atoms with E-state index in [4.69, 9.17) is 23.2 Å². The molecule has 1 aliphatic rings. The molecule has 0 amide bonds. The number of halogens is 2. The Labute approximate surface area is 114 Å². The number of fused-ring (bicyclic) bond motifs is 5. The topological polar surface area (TPSA) is 15.8 Å². The Hall–Kier alpha value is -1.44. The molecule has 0 spiro atoms. The molecular weight excluding hydrogens is 265 g/mol. The van der Waals surface area contributed by atoms with E-state index >= 15 is 0 Å². The first-order chi connectivity index (χ1) is 8.75. The average molecular weight is 274 g/mol. The molecule has 88 valence electrons. The van der Waals surface area contributed by atoms with E-state index in [2.05, 4.69) is 17.1 Å². The number of hydrogen-bond acceptors (Lipinski definition) is 0. The van der Waals surface area contributed by atoms with Crippen LogP contribution in [0.4, 0.5) is 0 Å². The summed E-state index contributed by atoms with van der Waals surface area (Å²) in [7, 11) is 0. The van der Waals surface area contributed by atoms with Gasteiger partial charge in [-0.3, -0.25) is 0 Å². The second-order valence-electron chi connectivity index (χ2n) is 4.58. The summed E-state index contributed by atoms with van der Waals surface area (Å²) in [5, 5.41) is 2.81. The van der Waals surface area contributed by atoms with Crippen molar-refractivity contribution in [2.45, 2.75) is 6.42 Å². The molecule has 0 fully saturated rings. The Morgan fingerprint density at radius 3 is 2.56 bits per heavy atom. The zero-order valence-electron chi connectivity index (χ0n) is 9.43. The van der Waals surface area contributed by atoms with Gasteiger partial charge in [-0.15, -0.1) is 0 Å². The number of benzene rings is 2. The Balaban J connectivity index is 2.11. The van der Waals surface area contributed by atoms with Gasteiger partial charge in [-0.2, -0.15) is 0 Å². The number of hydrogen-bond donors (Lipinski definition) is 1. The van der Waals surface area contributed by atoms with Crippen molar-refractivity contribution < 1.29 is 0 Å². The molecule has 0 unspecified atom stereocenters. The van der Waals surface area contributed by atoms with Crippen LogP contribution in [0.1, 0.15) is 11.1 Å². The summed E-state index contributed by atoms with van der Waals surface area (Å²) in [5.41, 5.74) is 5.90. The van der Waals surface area contributed by atoms with Gasteiger partial charge in [-0.05, 0) is 23.3 Å². The van der Waals surface area contributed by atoms with Crippen molar-refractivity contribution in [2.24, 2.45) is 0 Å². The largest absolute Gasteiger partial charge is 0.353 e. The minimum Gasteiger partial charge on any atom is -0.353 e. The maximum atomic E-state index is 6.26. The monoisotopic (exact) mass is 273 g/mol. The molecular formula is C15H9Cl2N. The third-order valence-corrected chi connectivity index (χ3v) is 4.30. The van der Waals surface area contributed by atoms with Crippen LogP contribution in [0.25, 0.3) is 22.2 Å². The van der Waals surface area contributed by atoms with Gasteiger partial charge >= 0.3 is 0 Å². The molecule has 4 rings (SSSR count). The minimum absolute atomic E-state index is 0.769. The quantitative estimate of drug-likeness (QED) is 0.462. The Kier molecular flexibility index (Phi) is 2.06. The molecule has 0 aliphatic heterocycles. The Bertz CT molecular complexity index is 787. The molecule has 1 N–H and O–H groups in total. The molecule has 3 aromatic rings. The third kappa shape index (κ3) is 1.23. The number of nitrogens with one attached hydrogen (secondary N) is 1. The van der Waals surface area contributed by atoms with Crippen LogP contribution in [-0.4, -0.2) is 4.98 Å². The van der Waals surface area contributed by atoms with E-state index in [1.54, 1.807) is 0 Å². The maximum absolute atomic E-state index is 6.26. The molecule has 0 bridgehead atoms. The number of H-pyrrole nitrogens is 1. The molecule has 1 nitrogen and oxygen atoms in total. The summed E-state index contributed by atoms with van der Waals surface area (Å²) in [5.74, 6) is 0. The van der Waals surface area contributed by atoms with E-state index in [9.17, 15) is 0 Å². The molecule has 0 radical (unpaired) electrons. The lowest BCUT2D eigenvalue weighted by atomic mass is 10.1. The van der Waals surface area contributed by atoms with Gasteiger partial charge in [0.1, 0.15) is 0 Å². The van der Waals surface area contributed by atoms with Gasteiger partial charge in [0.25, 0.3) is 0 Å². The van der Waals surface area contributed by atoms with E-state index in [1.807, 2.05) is 24.3 Å². The third-order valence-electron chi connectivity index (χ3n) is 3.63. The van der Waals surface area contributed by atoms with Crippen LogP contribution in [0.3, 0.4) is 0 Å². The first kappa shape index (κ1) is 10.5. The second kappa shape index (κ2) is 3.53. The van der Waals surface area contributed by atoms with Crippen molar-refractivity contribution in [3.63, 3.8) is 0 Å². The molecule has 1 aromatic heterocycles. The zero-order valence-corrected chi connectivity index (χ0v) is 10.9. The molecule has 0 atom stereocenters. The van der Waals surface area contributed by atoms with Crippen molar-refractivity contribution >= 4 is 34.1 Å².